The maximum absolute atomic E-state index is 11.0. The van der Waals surface area contributed by atoms with Gasteiger partial charge in [-0.2, -0.15) is 0 Å². The first-order chi connectivity index (χ1) is 8.04. The van der Waals surface area contributed by atoms with E-state index in [9.17, 15) is 4.79 Å². The van der Waals surface area contributed by atoms with E-state index in [0.29, 0.717) is 4.88 Å². The van der Waals surface area contributed by atoms with Crippen LogP contribution in [0.1, 0.15) is 22.2 Å². The molecule has 0 bridgehead atoms. The van der Waals surface area contributed by atoms with Gasteiger partial charge in [-0.25, -0.2) is 0 Å². The molecule has 0 aliphatic carbocycles. The predicted octanol–water partition coefficient (Wildman–Crippen LogP) is 3.55. The second-order valence-electron chi connectivity index (χ2n) is 3.57. The number of nitrogens with two attached hydrogens (primary N) is 1. The van der Waals surface area contributed by atoms with E-state index in [1.165, 1.54) is 11.3 Å². The summed E-state index contributed by atoms with van der Waals surface area (Å²) in [5.74, 6) is -0.402. The lowest BCUT2D eigenvalue weighted by Gasteiger charge is -1.97. The first-order valence-corrected chi connectivity index (χ1v) is 5.97. The molecule has 0 unspecified atom stereocenters. The van der Waals surface area contributed by atoms with Gasteiger partial charge in [0, 0.05) is 0 Å². The Balaban J connectivity index is 2.86. The zero-order valence-corrected chi connectivity index (χ0v) is 10.6. The van der Waals surface area contributed by atoms with E-state index in [1.54, 1.807) is 12.1 Å². The Bertz CT molecular complexity index is 506. The van der Waals surface area contributed by atoms with Gasteiger partial charge in [0.1, 0.15) is 0 Å². The standard InChI is InChI=1S/C14H15NOS/c1-4-5-6-10(2)7-11(3)12-8-13(14(15)16)17-9-12/h4-9H,1,3H2,2H3,(H2,15,16)/b6-5-,10-7-. The van der Waals surface area contributed by atoms with E-state index in [1.807, 2.05) is 30.5 Å². The maximum atomic E-state index is 11.0. The Hall–Kier alpha value is -1.87. The highest BCUT2D eigenvalue weighted by Gasteiger charge is 2.05. The topological polar surface area (TPSA) is 43.1 Å². The fourth-order valence-corrected chi connectivity index (χ4v) is 2.04. The zero-order chi connectivity index (χ0) is 12.8. The average molecular weight is 245 g/mol. The van der Waals surface area contributed by atoms with E-state index in [4.69, 9.17) is 5.73 Å². The Morgan fingerprint density at radius 3 is 2.76 bits per heavy atom. The molecular formula is C14H15NOS. The van der Waals surface area contributed by atoms with Crippen molar-refractivity contribution in [3.63, 3.8) is 0 Å². The summed E-state index contributed by atoms with van der Waals surface area (Å²) in [6.07, 6.45) is 7.48. The van der Waals surface area contributed by atoms with Crippen molar-refractivity contribution in [3.05, 3.63) is 64.9 Å². The molecule has 0 radical (unpaired) electrons. The molecule has 1 aromatic rings. The van der Waals surface area contributed by atoms with Crippen LogP contribution in [0.4, 0.5) is 0 Å². The van der Waals surface area contributed by atoms with Crippen molar-refractivity contribution < 1.29 is 4.79 Å². The normalized spacial score (nSPS) is 11.7. The van der Waals surface area contributed by atoms with Crippen LogP contribution in [0.3, 0.4) is 0 Å². The lowest BCUT2D eigenvalue weighted by atomic mass is 10.1. The van der Waals surface area contributed by atoms with Crippen LogP contribution in [0.15, 0.2) is 54.5 Å². The molecule has 2 N–H and O–H groups in total. The molecule has 0 spiro atoms. The SMILES string of the molecule is C=C/C=C\C(C)=C/C(=C)c1csc(C(N)=O)c1. The highest BCUT2D eigenvalue weighted by atomic mass is 32.1. The Labute approximate surface area is 105 Å². The molecule has 0 aromatic carbocycles. The van der Waals surface area contributed by atoms with Crippen molar-refractivity contribution in [3.8, 4) is 0 Å². The molecule has 0 saturated carbocycles. The van der Waals surface area contributed by atoms with E-state index in [-0.39, 0.29) is 0 Å². The van der Waals surface area contributed by atoms with Gasteiger partial charge in [0.15, 0.2) is 0 Å². The van der Waals surface area contributed by atoms with Crippen molar-refractivity contribution >= 4 is 22.8 Å². The number of allylic oxidation sites excluding steroid dienone is 6. The number of primary amides is 1. The maximum Gasteiger partial charge on any atom is 0.258 e. The van der Waals surface area contributed by atoms with Crippen LogP contribution >= 0.6 is 11.3 Å². The summed E-state index contributed by atoms with van der Waals surface area (Å²) in [6.45, 7) is 9.55. The third-order valence-electron chi connectivity index (χ3n) is 2.11. The van der Waals surface area contributed by atoms with E-state index < -0.39 is 5.91 Å². The van der Waals surface area contributed by atoms with Crippen LogP contribution in [0.5, 0.6) is 0 Å². The fraction of sp³-hybridized carbons (Fsp3) is 0.0714. The summed E-state index contributed by atoms with van der Waals surface area (Å²) >= 11 is 1.33. The van der Waals surface area contributed by atoms with Crippen LogP contribution in [0.25, 0.3) is 5.57 Å². The number of carbonyl (C=O) groups is 1. The summed E-state index contributed by atoms with van der Waals surface area (Å²) < 4.78 is 0. The van der Waals surface area contributed by atoms with Gasteiger partial charge in [0.2, 0.25) is 0 Å². The molecule has 3 heteroatoms. The van der Waals surface area contributed by atoms with Gasteiger partial charge in [-0.1, -0.05) is 43.0 Å². The highest BCUT2D eigenvalue weighted by molar-refractivity contribution is 7.12. The number of amides is 1. The Morgan fingerprint density at radius 2 is 2.24 bits per heavy atom. The van der Waals surface area contributed by atoms with Gasteiger partial charge in [-0.15, -0.1) is 11.3 Å². The molecule has 0 fully saturated rings. The minimum Gasteiger partial charge on any atom is -0.365 e. The molecule has 1 aromatic heterocycles. The third kappa shape index (κ3) is 3.89. The first kappa shape index (κ1) is 13.2. The molecule has 1 rings (SSSR count). The quantitative estimate of drug-likeness (QED) is 0.792. The minimum absolute atomic E-state index is 0.402. The summed E-state index contributed by atoms with van der Waals surface area (Å²) in [5, 5.41) is 1.88. The van der Waals surface area contributed by atoms with Crippen molar-refractivity contribution in [1.82, 2.24) is 0 Å². The van der Waals surface area contributed by atoms with Crippen LogP contribution < -0.4 is 5.73 Å². The first-order valence-electron chi connectivity index (χ1n) is 5.09. The van der Waals surface area contributed by atoms with Gasteiger partial charge >= 0.3 is 0 Å². The summed E-state index contributed by atoms with van der Waals surface area (Å²) in [6, 6.07) is 1.76. The van der Waals surface area contributed by atoms with Gasteiger partial charge in [0.05, 0.1) is 4.88 Å². The average Bonchev–Trinajstić information content (AvgIpc) is 2.75. The van der Waals surface area contributed by atoms with Crippen molar-refractivity contribution in [2.45, 2.75) is 6.92 Å². The van der Waals surface area contributed by atoms with Crippen molar-refractivity contribution in [2.75, 3.05) is 0 Å². The Kier molecular flexibility index (Phi) is 4.67. The second-order valence-corrected chi connectivity index (χ2v) is 4.48. The summed E-state index contributed by atoms with van der Waals surface area (Å²) in [4.78, 5) is 11.5. The largest absolute Gasteiger partial charge is 0.365 e. The molecule has 88 valence electrons. The molecule has 0 atom stereocenters. The van der Waals surface area contributed by atoms with Gasteiger partial charge in [-0.05, 0) is 29.5 Å². The lowest BCUT2D eigenvalue weighted by molar-refractivity contribution is 0.100. The van der Waals surface area contributed by atoms with Crippen LogP contribution in [-0.4, -0.2) is 5.91 Å². The van der Waals surface area contributed by atoms with Crippen LogP contribution in [0, 0.1) is 0 Å². The number of thiophene rings is 1. The molecule has 17 heavy (non-hydrogen) atoms. The smallest absolute Gasteiger partial charge is 0.258 e. The fourth-order valence-electron chi connectivity index (χ4n) is 1.26. The van der Waals surface area contributed by atoms with Crippen LogP contribution in [0.2, 0.25) is 0 Å². The molecule has 1 heterocycles. The number of rotatable bonds is 5. The molecule has 1 amide bonds. The number of hydrogen-bond acceptors (Lipinski definition) is 2. The zero-order valence-electron chi connectivity index (χ0n) is 9.77. The number of carbonyl (C=O) groups excluding carboxylic acids is 1. The van der Waals surface area contributed by atoms with Gasteiger partial charge in [0.25, 0.3) is 5.91 Å². The Morgan fingerprint density at radius 1 is 1.53 bits per heavy atom. The lowest BCUT2D eigenvalue weighted by Crippen LogP contribution is -2.08. The van der Waals surface area contributed by atoms with E-state index in [2.05, 4.69) is 13.2 Å². The molecular weight excluding hydrogens is 230 g/mol. The van der Waals surface area contributed by atoms with Crippen LogP contribution in [-0.2, 0) is 0 Å². The molecule has 2 nitrogen and oxygen atoms in total. The van der Waals surface area contributed by atoms with E-state index >= 15 is 0 Å². The van der Waals surface area contributed by atoms with Gasteiger partial charge in [-0.3, -0.25) is 4.79 Å². The highest BCUT2D eigenvalue weighted by Crippen LogP contribution is 2.22. The third-order valence-corrected chi connectivity index (χ3v) is 3.05. The van der Waals surface area contributed by atoms with E-state index in [0.717, 1.165) is 16.7 Å². The monoisotopic (exact) mass is 245 g/mol. The molecule has 0 aliphatic heterocycles. The van der Waals surface area contributed by atoms with Crippen molar-refractivity contribution in [2.24, 2.45) is 5.73 Å². The predicted molar refractivity (Wildman–Crippen MR) is 75.0 cm³/mol. The second kappa shape index (κ2) is 6.01. The summed E-state index contributed by atoms with van der Waals surface area (Å²) in [5.41, 5.74) is 8.06. The van der Waals surface area contributed by atoms with Gasteiger partial charge < -0.3 is 5.73 Å². The van der Waals surface area contributed by atoms with Crippen molar-refractivity contribution in [1.29, 1.82) is 0 Å². The number of hydrogen-bond donors (Lipinski definition) is 1. The minimum atomic E-state index is -0.402. The molecule has 0 saturated heterocycles. The summed E-state index contributed by atoms with van der Waals surface area (Å²) in [7, 11) is 0. The molecule has 0 aliphatic rings.